The zero-order valence-electron chi connectivity index (χ0n) is 14.9. The van der Waals surface area contributed by atoms with Gasteiger partial charge in [-0.05, 0) is 53.6 Å². The van der Waals surface area contributed by atoms with Crippen LogP contribution >= 0.6 is 0 Å². The second kappa shape index (κ2) is 7.20. The molecule has 0 saturated carbocycles. The maximum Gasteiger partial charge on any atom is 0.417 e. The molecule has 29 heavy (non-hydrogen) atoms. The first-order valence-electron chi connectivity index (χ1n) is 8.77. The van der Waals surface area contributed by atoms with E-state index in [2.05, 4.69) is 10.3 Å². The normalized spacial score (nSPS) is 17.9. The van der Waals surface area contributed by atoms with Gasteiger partial charge in [0.2, 0.25) is 0 Å². The molecule has 2 heterocycles. The van der Waals surface area contributed by atoms with E-state index in [1.165, 1.54) is 24.3 Å². The highest BCUT2D eigenvalue weighted by molar-refractivity contribution is 6.06. The molecule has 1 amide bonds. The summed E-state index contributed by atoms with van der Waals surface area (Å²) in [4.78, 5) is 18.7. The second-order valence-corrected chi connectivity index (χ2v) is 6.63. The van der Waals surface area contributed by atoms with Crippen molar-refractivity contribution >= 4 is 23.5 Å². The van der Waals surface area contributed by atoms with E-state index in [1.54, 1.807) is 18.5 Å². The molecule has 0 fully saturated rings. The molecule has 0 bridgehead atoms. The van der Waals surface area contributed by atoms with E-state index in [1.807, 2.05) is 11.1 Å². The van der Waals surface area contributed by atoms with Gasteiger partial charge in [0.25, 0.3) is 5.91 Å². The summed E-state index contributed by atoms with van der Waals surface area (Å²) in [7, 11) is 0. The number of carbonyl (C=O) groups excluding carboxylic acids is 1. The Morgan fingerprint density at radius 1 is 1.14 bits per heavy atom. The van der Waals surface area contributed by atoms with Gasteiger partial charge >= 0.3 is 6.18 Å². The lowest BCUT2D eigenvalue weighted by Crippen LogP contribution is -2.30. The van der Waals surface area contributed by atoms with E-state index in [0.29, 0.717) is 12.1 Å². The summed E-state index contributed by atoms with van der Waals surface area (Å²) >= 11 is 0. The zero-order valence-corrected chi connectivity index (χ0v) is 14.9. The Hall–Kier alpha value is -3.42. The Balaban J connectivity index is 1.71. The van der Waals surface area contributed by atoms with Crippen molar-refractivity contribution in [2.75, 3.05) is 11.9 Å². The van der Waals surface area contributed by atoms with Crippen molar-refractivity contribution in [3.8, 4) is 0 Å². The van der Waals surface area contributed by atoms with Gasteiger partial charge in [0.15, 0.2) is 0 Å². The van der Waals surface area contributed by atoms with Crippen LogP contribution in [0.15, 0.2) is 65.8 Å². The minimum absolute atomic E-state index is 0.121. The number of hydrogen-bond donors (Lipinski definition) is 1. The van der Waals surface area contributed by atoms with Gasteiger partial charge in [-0.25, -0.2) is 4.39 Å². The van der Waals surface area contributed by atoms with Crippen LogP contribution in [0.4, 0.5) is 23.2 Å². The average Bonchev–Trinajstić information content (AvgIpc) is 3.17. The van der Waals surface area contributed by atoms with Crippen molar-refractivity contribution in [1.29, 1.82) is 0 Å². The number of amides is 1. The Bertz CT molecular complexity index is 1040. The zero-order chi connectivity index (χ0) is 20.6. The van der Waals surface area contributed by atoms with Gasteiger partial charge in [0, 0.05) is 11.9 Å². The van der Waals surface area contributed by atoms with Crippen molar-refractivity contribution in [2.45, 2.75) is 12.2 Å². The summed E-state index contributed by atoms with van der Waals surface area (Å²) in [6.45, 7) is 0.480. The number of anilines is 1. The fourth-order valence-corrected chi connectivity index (χ4v) is 3.35. The predicted octanol–water partition coefficient (Wildman–Crippen LogP) is 4.72. The first-order valence-corrected chi connectivity index (χ1v) is 8.77. The summed E-state index contributed by atoms with van der Waals surface area (Å²) in [5.74, 6) is -1.43. The fourth-order valence-electron chi connectivity index (χ4n) is 3.35. The van der Waals surface area contributed by atoms with Crippen LogP contribution < -0.4 is 5.32 Å². The SMILES string of the molecule is O=C(Nc1ccc(F)cc1)c1cc(C2=CC=CN3C=NCC23)ccc1C(F)(F)F. The lowest BCUT2D eigenvalue weighted by Gasteiger charge is -2.26. The number of alkyl halides is 3. The van der Waals surface area contributed by atoms with Gasteiger partial charge in [-0.1, -0.05) is 12.1 Å². The van der Waals surface area contributed by atoms with Crippen LogP contribution in [0.25, 0.3) is 5.57 Å². The lowest BCUT2D eigenvalue weighted by atomic mass is 9.92. The highest BCUT2D eigenvalue weighted by Crippen LogP contribution is 2.36. The van der Waals surface area contributed by atoms with Crippen LogP contribution in [0.1, 0.15) is 21.5 Å². The number of rotatable bonds is 3. The number of fused-ring (bicyclic) bond motifs is 1. The Morgan fingerprint density at radius 2 is 1.90 bits per heavy atom. The summed E-state index contributed by atoms with van der Waals surface area (Å²) < 4.78 is 53.6. The van der Waals surface area contributed by atoms with E-state index >= 15 is 0 Å². The number of allylic oxidation sites excluding steroid dienone is 2. The maximum absolute atomic E-state index is 13.5. The molecule has 1 unspecified atom stereocenters. The first-order chi connectivity index (χ1) is 13.8. The van der Waals surface area contributed by atoms with Gasteiger partial charge in [0.1, 0.15) is 5.82 Å². The Kier molecular flexibility index (Phi) is 4.70. The van der Waals surface area contributed by atoms with Crippen LogP contribution in [0.2, 0.25) is 0 Å². The molecular formula is C21H15F4N3O. The molecule has 0 aliphatic carbocycles. The highest BCUT2D eigenvalue weighted by atomic mass is 19.4. The Morgan fingerprint density at radius 3 is 2.62 bits per heavy atom. The molecule has 1 N–H and O–H groups in total. The molecule has 0 saturated heterocycles. The average molecular weight is 401 g/mol. The van der Waals surface area contributed by atoms with E-state index in [9.17, 15) is 22.4 Å². The molecule has 4 nitrogen and oxygen atoms in total. The third kappa shape index (κ3) is 3.78. The number of aliphatic imine (C=N–C) groups is 1. The van der Waals surface area contributed by atoms with Crippen molar-refractivity contribution in [1.82, 2.24) is 4.90 Å². The third-order valence-electron chi connectivity index (χ3n) is 4.75. The van der Waals surface area contributed by atoms with Crippen LogP contribution in [0, 0.1) is 5.82 Å². The predicted molar refractivity (Wildman–Crippen MR) is 102 cm³/mol. The molecular weight excluding hydrogens is 386 g/mol. The summed E-state index contributed by atoms with van der Waals surface area (Å²) in [6.07, 6.45) is 2.38. The van der Waals surface area contributed by atoms with Gasteiger partial charge < -0.3 is 10.2 Å². The molecule has 2 aliphatic heterocycles. The van der Waals surface area contributed by atoms with Gasteiger partial charge in [0.05, 0.1) is 30.1 Å². The molecule has 0 aromatic heterocycles. The summed E-state index contributed by atoms with van der Waals surface area (Å²) in [5, 5.41) is 2.40. The highest BCUT2D eigenvalue weighted by Gasteiger charge is 2.36. The fraction of sp³-hybridized carbons (Fsp3) is 0.143. The molecule has 8 heteroatoms. The summed E-state index contributed by atoms with van der Waals surface area (Å²) in [6, 6.07) is 8.19. The van der Waals surface area contributed by atoms with Gasteiger partial charge in [-0.2, -0.15) is 13.2 Å². The largest absolute Gasteiger partial charge is 0.417 e. The number of nitrogens with zero attached hydrogens (tertiary/aromatic N) is 2. The smallest absolute Gasteiger partial charge is 0.330 e. The molecule has 148 valence electrons. The van der Waals surface area contributed by atoms with Crippen molar-refractivity contribution in [3.05, 3.63) is 83.3 Å². The maximum atomic E-state index is 13.5. The first kappa shape index (κ1) is 18.9. The number of halogens is 4. The third-order valence-corrected chi connectivity index (χ3v) is 4.75. The standard InChI is InChI=1S/C21H15F4N3O/c22-14-4-6-15(7-5-14)27-20(29)17-10-13(3-8-18(17)21(23,24)25)16-2-1-9-28-12-26-11-19(16)28/h1-10,12,19H,11H2,(H,27,29). The molecule has 1 atom stereocenters. The minimum Gasteiger partial charge on any atom is -0.330 e. The number of benzene rings is 2. The molecule has 4 rings (SSSR count). The number of hydrogen-bond acceptors (Lipinski definition) is 3. The van der Waals surface area contributed by atoms with E-state index in [4.69, 9.17) is 0 Å². The number of carbonyl (C=O) groups is 1. The minimum atomic E-state index is -4.70. The van der Waals surface area contributed by atoms with Gasteiger partial charge in [-0.15, -0.1) is 0 Å². The second-order valence-electron chi connectivity index (χ2n) is 6.63. The van der Waals surface area contributed by atoms with Crippen molar-refractivity contribution in [2.24, 2.45) is 4.99 Å². The van der Waals surface area contributed by atoms with Crippen molar-refractivity contribution in [3.63, 3.8) is 0 Å². The monoisotopic (exact) mass is 401 g/mol. The van der Waals surface area contributed by atoms with E-state index in [0.717, 1.165) is 23.8 Å². The molecule has 2 aromatic rings. The topological polar surface area (TPSA) is 44.7 Å². The lowest BCUT2D eigenvalue weighted by molar-refractivity contribution is -0.137. The molecule has 0 radical (unpaired) electrons. The molecule has 2 aromatic carbocycles. The van der Waals surface area contributed by atoms with Crippen LogP contribution in [-0.4, -0.2) is 29.7 Å². The van der Waals surface area contributed by atoms with Crippen molar-refractivity contribution < 1.29 is 22.4 Å². The van der Waals surface area contributed by atoms with Crippen LogP contribution in [0.3, 0.4) is 0 Å². The van der Waals surface area contributed by atoms with Crippen LogP contribution in [-0.2, 0) is 6.18 Å². The molecule has 2 aliphatic rings. The molecule has 0 spiro atoms. The summed E-state index contributed by atoms with van der Waals surface area (Å²) in [5.41, 5.74) is -0.0561. The number of nitrogens with one attached hydrogen (secondary N) is 1. The van der Waals surface area contributed by atoms with Crippen LogP contribution in [0.5, 0.6) is 0 Å². The quantitative estimate of drug-likeness (QED) is 0.757. The van der Waals surface area contributed by atoms with Gasteiger partial charge in [-0.3, -0.25) is 9.79 Å². The van der Waals surface area contributed by atoms with E-state index in [-0.39, 0.29) is 11.7 Å². The Labute approximate surface area is 163 Å². The van der Waals surface area contributed by atoms with E-state index < -0.39 is 29.0 Å².